The number of guanidine groups is 2. The van der Waals surface area contributed by atoms with Gasteiger partial charge in [-0.05, 0) is 62.1 Å². The molecule has 2 aromatic rings. The van der Waals surface area contributed by atoms with E-state index in [1.54, 1.807) is 29.2 Å². The summed E-state index contributed by atoms with van der Waals surface area (Å²) in [6, 6.07) is 10.8. The van der Waals surface area contributed by atoms with Crippen LogP contribution in [0, 0.1) is 0 Å². The predicted octanol–water partition coefficient (Wildman–Crippen LogP) is 3.29. The number of hydrogen-bond acceptors (Lipinski definition) is 8. The van der Waals surface area contributed by atoms with Crippen LogP contribution >= 0.6 is 11.6 Å². The lowest BCUT2D eigenvalue weighted by molar-refractivity contribution is 0.305. The monoisotopic (exact) mass is 461 g/mol. The molecule has 1 fully saturated rings. The van der Waals surface area contributed by atoms with E-state index in [1.165, 1.54) is 25.3 Å². The molecule has 0 unspecified atom stereocenters. The normalized spacial score (nSPS) is 18.5. The van der Waals surface area contributed by atoms with Crippen molar-refractivity contribution in [3.8, 4) is 5.75 Å². The van der Waals surface area contributed by atoms with Gasteiger partial charge in [-0.15, -0.1) is 0 Å². The topological polar surface area (TPSA) is 123 Å². The van der Waals surface area contributed by atoms with Crippen molar-refractivity contribution in [1.82, 2.24) is 0 Å². The van der Waals surface area contributed by atoms with E-state index < -0.39 is 15.5 Å². The summed E-state index contributed by atoms with van der Waals surface area (Å²) >= 11 is 5.92. The number of benzene rings is 2. The van der Waals surface area contributed by atoms with Gasteiger partial charge in [0.1, 0.15) is 11.4 Å². The van der Waals surface area contributed by atoms with Crippen molar-refractivity contribution in [2.24, 2.45) is 21.5 Å². The van der Waals surface area contributed by atoms with Crippen molar-refractivity contribution in [3.05, 3.63) is 47.5 Å². The highest BCUT2D eigenvalue weighted by Gasteiger charge is 2.43. The summed E-state index contributed by atoms with van der Waals surface area (Å²) in [5.41, 5.74) is 12.1. The third kappa shape index (κ3) is 3.95. The molecule has 164 valence electrons. The first kappa shape index (κ1) is 21.5. The van der Waals surface area contributed by atoms with Crippen molar-refractivity contribution < 1.29 is 13.2 Å². The molecule has 10 heteroatoms. The molecule has 0 saturated heterocycles. The van der Waals surface area contributed by atoms with Crippen LogP contribution in [-0.4, -0.2) is 33.1 Å². The minimum Gasteiger partial charge on any atom is -0.497 e. The highest BCUT2D eigenvalue weighted by atomic mass is 35.5. The van der Waals surface area contributed by atoms with Gasteiger partial charge >= 0.3 is 0 Å². The molecule has 8 nitrogen and oxygen atoms in total. The van der Waals surface area contributed by atoms with Gasteiger partial charge < -0.3 is 16.2 Å². The molecule has 0 aromatic heterocycles. The number of aliphatic imine (C=N–C) groups is 2. The summed E-state index contributed by atoms with van der Waals surface area (Å²) < 4.78 is 32.1. The number of ether oxygens (including phenoxy) is 1. The zero-order valence-electron chi connectivity index (χ0n) is 17.1. The first-order valence-corrected chi connectivity index (χ1v) is 11.8. The van der Waals surface area contributed by atoms with Crippen LogP contribution in [0.15, 0.2) is 62.2 Å². The molecule has 0 radical (unpaired) electrons. The van der Waals surface area contributed by atoms with Gasteiger partial charge in [0.25, 0.3) is 0 Å². The number of nitrogens with two attached hydrogens (primary N) is 2. The maximum Gasteiger partial charge on any atom is 0.220 e. The van der Waals surface area contributed by atoms with Gasteiger partial charge in [-0.2, -0.15) is 4.99 Å². The number of methoxy groups -OCH3 is 1. The summed E-state index contributed by atoms with van der Waals surface area (Å²) in [6.07, 6.45) is 4.48. The number of sulfone groups is 1. The Morgan fingerprint density at radius 2 is 1.71 bits per heavy atom. The zero-order chi connectivity index (χ0) is 22.2. The average Bonchev–Trinajstić information content (AvgIpc) is 2.73. The van der Waals surface area contributed by atoms with Gasteiger partial charge in [-0.3, -0.25) is 4.90 Å². The molecule has 1 aliphatic carbocycles. The molecule has 31 heavy (non-hydrogen) atoms. The standard InChI is InChI=1S/C21H24ClN5O3S/c1-30-16-11-15(12-18(13-16)31(28,29)17-7-5-14(22)6-8-17)27-20(24)25-19(23)26-21(27)9-3-2-4-10-21/h5-8,11-13H,2-4,9-10H2,1H3,(H4,23,24,25,26). The quantitative estimate of drug-likeness (QED) is 0.720. The second kappa shape index (κ2) is 8.05. The van der Waals surface area contributed by atoms with Gasteiger partial charge in [0, 0.05) is 11.1 Å². The Kier molecular flexibility index (Phi) is 5.57. The maximum absolute atomic E-state index is 13.3. The number of anilines is 1. The third-order valence-corrected chi connectivity index (χ3v) is 7.65. The van der Waals surface area contributed by atoms with Crippen LogP contribution in [0.3, 0.4) is 0 Å². The molecular formula is C21H24ClN5O3S. The van der Waals surface area contributed by atoms with E-state index in [9.17, 15) is 8.42 Å². The molecule has 2 aromatic carbocycles. The van der Waals surface area contributed by atoms with Gasteiger partial charge in [0.2, 0.25) is 21.8 Å². The Bertz CT molecular complexity index is 1160. The second-order valence-electron chi connectivity index (χ2n) is 7.64. The fourth-order valence-electron chi connectivity index (χ4n) is 4.20. The van der Waals surface area contributed by atoms with Crippen molar-refractivity contribution >= 4 is 39.0 Å². The molecule has 1 heterocycles. The van der Waals surface area contributed by atoms with Crippen LogP contribution in [0.2, 0.25) is 5.02 Å². The number of halogens is 1. The lowest BCUT2D eigenvalue weighted by Gasteiger charge is -2.45. The van der Waals surface area contributed by atoms with E-state index in [2.05, 4.69) is 9.98 Å². The van der Waals surface area contributed by atoms with Crippen LogP contribution in [0.1, 0.15) is 32.1 Å². The lowest BCUT2D eigenvalue weighted by atomic mass is 9.87. The molecule has 1 spiro atoms. The van der Waals surface area contributed by atoms with Crippen LogP contribution in [0.25, 0.3) is 0 Å². The van der Waals surface area contributed by atoms with Crippen LogP contribution < -0.4 is 21.1 Å². The minimum absolute atomic E-state index is 0.0745. The van der Waals surface area contributed by atoms with Crippen molar-refractivity contribution in [2.75, 3.05) is 12.0 Å². The first-order valence-electron chi connectivity index (χ1n) is 9.95. The van der Waals surface area contributed by atoms with Gasteiger partial charge in [-0.25, -0.2) is 13.4 Å². The average molecular weight is 462 g/mol. The smallest absolute Gasteiger partial charge is 0.220 e. The molecule has 0 amide bonds. The fraction of sp³-hybridized carbons (Fsp3) is 0.333. The van der Waals surface area contributed by atoms with Crippen molar-refractivity contribution in [3.63, 3.8) is 0 Å². The Morgan fingerprint density at radius 1 is 1.03 bits per heavy atom. The van der Waals surface area contributed by atoms with E-state index >= 15 is 0 Å². The second-order valence-corrected chi connectivity index (χ2v) is 10.0. The van der Waals surface area contributed by atoms with E-state index in [4.69, 9.17) is 27.8 Å². The fourth-order valence-corrected chi connectivity index (χ4v) is 5.64. The summed E-state index contributed by atoms with van der Waals surface area (Å²) in [5.74, 6) is 0.691. The zero-order valence-corrected chi connectivity index (χ0v) is 18.7. The van der Waals surface area contributed by atoms with E-state index in [-0.39, 0.29) is 21.7 Å². The Labute approximate surface area is 186 Å². The Balaban J connectivity index is 1.86. The van der Waals surface area contributed by atoms with Crippen molar-refractivity contribution in [1.29, 1.82) is 0 Å². The molecule has 0 atom stereocenters. The highest BCUT2D eigenvalue weighted by Crippen LogP contribution is 2.41. The SMILES string of the molecule is COc1cc(N2C(N)=NC(N)=NC23CCCCC3)cc(S(=O)(=O)c2ccc(Cl)cc2)c1. The summed E-state index contributed by atoms with van der Waals surface area (Å²) in [4.78, 5) is 10.8. The first-order chi connectivity index (χ1) is 14.7. The number of rotatable bonds is 4. The summed E-state index contributed by atoms with van der Waals surface area (Å²) in [6.45, 7) is 0. The molecule has 0 bridgehead atoms. The van der Waals surface area contributed by atoms with E-state index in [0.717, 1.165) is 32.1 Å². The Morgan fingerprint density at radius 3 is 2.35 bits per heavy atom. The third-order valence-electron chi connectivity index (χ3n) is 5.64. The highest BCUT2D eigenvalue weighted by molar-refractivity contribution is 7.91. The Hall–Kier alpha value is -2.78. The molecule has 1 aliphatic heterocycles. The largest absolute Gasteiger partial charge is 0.497 e. The molecule has 4 rings (SSSR count). The van der Waals surface area contributed by atoms with Gasteiger partial charge in [-0.1, -0.05) is 18.0 Å². The van der Waals surface area contributed by atoms with Crippen LogP contribution in [-0.2, 0) is 9.84 Å². The maximum atomic E-state index is 13.3. The summed E-state index contributed by atoms with van der Waals surface area (Å²) in [5, 5.41) is 0.456. The number of hydrogen-bond donors (Lipinski definition) is 2. The van der Waals surface area contributed by atoms with Gasteiger partial charge in [0.15, 0.2) is 0 Å². The van der Waals surface area contributed by atoms with Crippen LogP contribution in [0.4, 0.5) is 5.69 Å². The number of nitrogens with zero attached hydrogens (tertiary/aromatic N) is 3. The lowest BCUT2D eigenvalue weighted by Crippen LogP contribution is -2.58. The summed E-state index contributed by atoms with van der Waals surface area (Å²) in [7, 11) is -2.34. The van der Waals surface area contributed by atoms with E-state index in [0.29, 0.717) is 16.5 Å². The predicted molar refractivity (Wildman–Crippen MR) is 121 cm³/mol. The molecule has 4 N–H and O–H groups in total. The van der Waals surface area contributed by atoms with E-state index in [1.807, 2.05) is 0 Å². The minimum atomic E-state index is -3.83. The molecule has 1 saturated carbocycles. The molecular weight excluding hydrogens is 438 g/mol. The van der Waals surface area contributed by atoms with Crippen LogP contribution in [0.5, 0.6) is 5.75 Å². The molecule has 2 aliphatic rings. The van der Waals surface area contributed by atoms with Gasteiger partial charge in [0.05, 0.1) is 22.6 Å². The van der Waals surface area contributed by atoms with Crippen molar-refractivity contribution in [2.45, 2.75) is 47.6 Å².